The van der Waals surface area contributed by atoms with E-state index in [-0.39, 0.29) is 18.0 Å². The van der Waals surface area contributed by atoms with Crippen molar-refractivity contribution in [1.29, 1.82) is 0 Å². The monoisotopic (exact) mass is 562 g/mol. The van der Waals surface area contributed by atoms with Gasteiger partial charge in [0.15, 0.2) is 11.0 Å². The molecule has 0 radical (unpaired) electrons. The van der Waals surface area contributed by atoms with E-state index in [1.165, 1.54) is 18.2 Å². The number of benzene rings is 3. The number of nitrogens with zero attached hydrogens (tertiary/aromatic N) is 3. The van der Waals surface area contributed by atoms with Crippen molar-refractivity contribution in [2.24, 2.45) is 0 Å². The summed E-state index contributed by atoms with van der Waals surface area (Å²) in [6, 6.07) is 18.8. The number of anilines is 1. The number of alkyl halides is 3. The topological polar surface area (TPSA) is 78.3 Å². The third-order valence-corrected chi connectivity index (χ3v) is 6.31. The molecule has 1 heterocycles. The molecule has 0 bridgehead atoms. The van der Waals surface area contributed by atoms with Gasteiger partial charge in [-0.15, -0.1) is 10.2 Å². The van der Waals surface area contributed by atoms with E-state index in [0.717, 1.165) is 17.8 Å². The summed E-state index contributed by atoms with van der Waals surface area (Å²) in [5.41, 5.74) is -0.536. The largest absolute Gasteiger partial charge is 0.494 e. The third kappa shape index (κ3) is 6.99. The number of hydrogen-bond acceptors (Lipinski definition) is 6. The molecule has 198 valence electrons. The van der Waals surface area contributed by atoms with Crippen LogP contribution >= 0.6 is 23.4 Å². The molecule has 38 heavy (non-hydrogen) atoms. The van der Waals surface area contributed by atoms with E-state index in [1.807, 2.05) is 19.1 Å². The predicted molar refractivity (Wildman–Crippen MR) is 139 cm³/mol. The Hall–Kier alpha value is -3.70. The van der Waals surface area contributed by atoms with Gasteiger partial charge in [-0.05, 0) is 67.6 Å². The first-order valence-corrected chi connectivity index (χ1v) is 12.8. The predicted octanol–water partition coefficient (Wildman–Crippen LogP) is 6.65. The highest BCUT2D eigenvalue weighted by atomic mass is 35.5. The molecular weight excluding hydrogens is 541 g/mol. The molecule has 0 saturated carbocycles. The van der Waals surface area contributed by atoms with E-state index in [2.05, 4.69) is 15.5 Å². The summed E-state index contributed by atoms with van der Waals surface area (Å²) in [6.45, 7) is 2.46. The van der Waals surface area contributed by atoms with Crippen molar-refractivity contribution in [3.8, 4) is 17.2 Å². The lowest BCUT2D eigenvalue weighted by Gasteiger charge is -2.14. The van der Waals surface area contributed by atoms with Gasteiger partial charge in [0.2, 0.25) is 5.91 Å². The van der Waals surface area contributed by atoms with Gasteiger partial charge >= 0.3 is 6.18 Å². The number of carbonyl (C=O) groups is 1. The molecule has 0 aliphatic carbocycles. The van der Waals surface area contributed by atoms with Crippen LogP contribution in [0.4, 0.5) is 18.9 Å². The molecule has 0 saturated heterocycles. The maximum Gasteiger partial charge on any atom is 0.418 e. The Morgan fingerprint density at radius 2 is 1.63 bits per heavy atom. The number of hydrogen-bond donors (Lipinski definition) is 1. The molecule has 0 aliphatic rings. The number of nitrogens with one attached hydrogen (secondary N) is 1. The lowest BCUT2D eigenvalue weighted by Crippen LogP contribution is -2.18. The number of amides is 1. The minimum Gasteiger partial charge on any atom is -0.494 e. The molecule has 3 aromatic carbocycles. The van der Waals surface area contributed by atoms with Crippen LogP contribution < -0.4 is 14.8 Å². The zero-order valence-electron chi connectivity index (χ0n) is 20.0. The Kier molecular flexibility index (Phi) is 8.80. The second kappa shape index (κ2) is 12.2. The number of carbonyl (C=O) groups excluding carboxylic acids is 1. The number of aromatic nitrogens is 3. The number of thioether (sulfide) groups is 1. The summed E-state index contributed by atoms with van der Waals surface area (Å²) >= 11 is 6.96. The van der Waals surface area contributed by atoms with Crippen molar-refractivity contribution in [3.05, 3.63) is 89.2 Å². The molecule has 0 unspecified atom stereocenters. The number of rotatable bonds is 10. The van der Waals surface area contributed by atoms with E-state index in [4.69, 9.17) is 21.1 Å². The lowest BCUT2D eigenvalue weighted by molar-refractivity contribution is -0.137. The van der Waals surface area contributed by atoms with Crippen LogP contribution in [0.1, 0.15) is 18.3 Å². The zero-order valence-corrected chi connectivity index (χ0v) is 21.6. The van der Waals surface area contributed by atoms with E-state index < -0.39 is 17.6 Å². The molecule has 12 heteroatoms. The van der Waals surface area contributed by atoms with Crippen molar-refractivity contribution < 1.29 is 27.4 Å². The van der Waals surface area contributed by atoms with Gasteiger partial charge in [0.25, 0.3) is 0 Å². The van der Waals surface area contributed by atoms with Gasteiger partial charge in [0.05, 0.1) is 23.6 Å². The zero-order chi connectivity index (χ0) is 27.1. The Balaban J connectivity index is 1.53. The van der Waals surface area contributed by atoms with Crippen molar-refractivity contribution in [3.63, 3.8) is 0 Å². The van der Waals surface area contributed by atoms with Crippen LogP contribution in [-0.4, -0.2) is 33.0 Å². The first-order chi connectivity index (χ1) is 18.2. The first-order valence-electron chi connectivity index (χ1n) is 11.4. The van der Waals surface area contributed by atoms with Gasteiger partial charge in [-0.25, -0.2) is 0 Å². The van der Waals surface area contributed by atoms with Crippen LogP contribution in [0.5, 0.6) is 11.5 Å². The number of ether oxygens (including phenoxy) is 2. The maximum atomic E-state index is 13.3. The minimum atomic E-state index is -4.59. The molecule has 0 aliphatic heterocycles. The van der Waals surface area contributed by atoms with Crippen LogP contribution in [-0.2, 0) is 17.6 Å². The minimum absolute atomic E-state index is 0.0631. The number of halogens is 4. The molecule has 1 amide bonds. The van der Waals surface area contributed by atoms with Crippen LogP contribution in [0.3, 0.4) is 0 Å². The van der Waals surface area contributed by atoms with Crippen LogP contribution in [0.15, 0.2) is 78.0 Å². The third-order valence-electron chi connectivity index (χ3n) is 5.13. The summed E-state index contributed by atoms with van der Waals surface area (Å²) in [4.78, 5) is 12.6. The van der Waals surface area contributed by atoms with Gasteiger partial charge in [0, 0.05) is 10.7 Å². The highest BCUT2D eigenvalue weighted by Crippen LogP contribution is 2.34. The fourth-order valence-corrected chi connectivity index (χ4v) is 4.34. The highest BCUT2D eigenvalue weighted by molar-refractivity contribution is 7.99. The molecule has 4 aromatic rings. The molecule has 0 spiro atoms. The Morgan fingerprint density at radius 3 is 2.32 bits per heavy atom. The molecule has 1 N–H and O–H groups in total. The lowest BCUT2D eigenvalue weighted by atomic mass is 10.1. The standard InChI is InChI=1S/C26H22ClF3N4O3S/c1-2-36-19-13-9-18(10-14-19)34-23(15-37-20-11-7-17(27)8-12-20)32-33-25(34)38-16-24(35)31-22-6-4-3-5-21(22)26(28,29)30/h3-14H,2,15-16H2,1H3,(H,31,35). The summed E-state index contributed by atoms with van der Waals surface area (Å²) < 4.78 is 52.9. The van der Waals surface area contributed by atoms with E-state index >= 15 is 0 Å². The second-order valence-electron chi connectivity index (χ2n) is 7.78. The number of para-hydroxylation sites is 1. The normalized spacial score (nSPS) is 11.3. The molecule has 1 aromatic heterocycles. The van der Waals surface area contributed by atoms with Gasteiger partial charge in [-0.2, -0.15) is 13.2 Å². The fraction of sp³-hybridized carbons (Fsp3) is 0.192. The van der Waals surface area contributed by atoms with Gasteiger partial charge < -0.3 is 14.8 Å². The van der Waals surface area contributed by atoms with Crippen molar-refractivity contribution >= 4 is 35.0 Å². The average molecular weight is 563 g/mol. The molecule has 0 fully saturated rings. The van der Waals surface area contributed by atoms with E-state index in [1.54, 1.807) is 41.0 Å². The molecule has 0 atom stereocenters. The van der Waals surface area contributed by atoms with Gasteiger partial charge in [-0.3, -0.25) is 9.36 Å². The first kappa shape index (κ1) is 27.3. The fourth-order valence-electron chi connectivity index (χ4n) is 3.44. The smallest absolute Gasteiger partial charge is 0.418 e. The summed E-state index contributed by atoms with van der Waals surface area (Å²) in [5.74, 6) is 0.897. The highest BCUT2D eigenvalue weighted by Gasteiger charge is 2.33. The van der Waals surface area contributed by atoms with Gasteiger partial charge in [0.1, 0.15) is 18.1 Å². The molecular formula is C26H22ClF3N4O3S. The Bertz CT molecular complexity index is 1380. The van der Waals surface area contributed by atoms with Crippen molar-refractivity contribution in [1.82, 2.24) is 14.8 Å². The quantitative estimate of drug-likeness (QED) is 0.218. The van der Waals surface area contributed by atoms with Crippen LogP contribution in [0, 0.1) is 0 Å². The second-order valence-corrected chi connectivity index (χ2v) is 9.16. The van der Waals surface area contributed by atoms with Crippen molar-refractivity contribution in [2.45, 2.75) is 24.9 Å². The summed E-state index contributed by atoms with van der Waals surface area (Å²) in [5, 5.41) is 11.7. The molecule has 4 rings (SSSR count). The Morgan fingerprint density at radius 1 is 0.974 bits per heavy atom. The van der Waals surface area contributed by atoms with Gasteiger partial charge in [-0.1, -0.05) is 35.5 Å². The van der Waals surface area contributed by atoms with Crippen LogP contribution in [0.25, 0.3) is 5.69 Å². The SMILES string of the molecule is CCOc1ccc(-n2c(COc3ccc(Cl)cc3)nnc2SCC(=O)Nc2ccccc2C(F)(F)F)cc1. The summed E-state index contributed by atoms with van der Waals surface area (Å²) in [7, 11) is 0. The average Bonchev–Trinajstić information content (AvgIpc) is 3.30. The summed E-state index contributed by atoms with van der Waals surface area (Å²) in [6.07, 6.45) is -4.59. The van der Waals surface area contributed by atoms with Crippen molar-refractivity contribution in [2.75, 3.05) is 17.7 Å². The maximum absolute atomic E-state index is 13.3. The van der Waals surface area contributed by atoms with Crippen LogP contribution in [0.2, 0.25) is 5.02 Å². The van der Waals surface area contributed by atoms with E-state index in [0.29, 0.717) is 39.8 Å². The molecule has 7 nitrogen and oxygen atoms in total. The van der Waals surface area contributed by atoms with E-state index in [9.17, 15) is 18.0 Å². The Labute approximate surface area is 225 Å².